The molecule has 3 N–H and O–H groups in total. The summed E-state index contributed by atoms with van der Waals surface area (Å²) >= 11 is 0. The van der Waals surface area contributed by atoms with E-state index in [0.29, 0.717) is 30.0 Å². The van der Waals surface area contributed by atoms with Crippen LogP contribution in [0.3, 0.4) is 0 Å². The molecule has 176 valence electrons. The fourth-order valence-corrected chi connectivity index (χ4v) is 4.54. The molecule has 1 fully saturated rings. The van der Waals surface area contributed by atoms with Gasteiger partial charge in [0, 0.05) is 32.9 Å². The van der Waals surface area contributed by atoms with Gasteiger partial charge in [0.15, 0.2) is 11.6 Å². The Balaban J connectivity index is 1.66. The first kappa shape index (κ1) is 23.1. The zero-order valence-corrected chi connectivity index (χ0v) is 19.1. The van der Waals surface area contributed by atoms with E-state index >= 15 is 4.39 Å². The Labute approximate surface area is 190 Å². The smallest absolute Gasteiger partial charge is 0.301 e. The van der Waals surface area contributed by atoms with Crippen molar-refractivity contribution in [3.63, 3.8) is 0 Å². The van der Waals surface area contributed by atoms with E-state index < -0.39 is 21.8 Å². The lowest BCUT2D eigenvalue weighted by Gasteiger charge is -2.17. The lowest BCUT2D eigenvalue weighted by molar-refractivity contribution is 0.103. The topological polar surface area (TPSA) is 129 Å². The van der Waals surface area contributed by atoms with Gasteiger partial charge in [-0.25, -0.2) is 14.4 Å². The lowest BCUT2D eigenvalue weighted by Crippen LogP contribution is -2.32. The highest BCUT2D eigenvalue weighted by Gasteiger charge is 2.25. The Morgan fingerprint density at radius 3 is 2.88 bits per heavy atom. The Hall–Kier alpha value is -3.09. The van der Waals surface area contributed by atoms with E-state index in [9.17, 15) is 13.2 Å². The molecule has 1 saturated heterocycles. The van der Waals surface area contributed by atoms with Crippen LogP contribution in [0.4, 0.5) is 15.9 Å². The molecule has 1 atom stereocenters. The van der Waals surface area contributed by atoms with Crippen LogP contribution in [-0.4, -0.2) is 66.3 Å². The Morgan fingerprint density at radius 1 is 1.33 bits per heavy atom. The molecule has 33 heavy (non-hydrogen) atoms. The summed E-state index contributed by atoms with van der Waals surface area (Å²) in [7, 11) is -2.59. The molecule has 0 unspecified atom stereocenters. The number of anilines is 2. The van der Waals surface area contributed by atoms with Gasteiger partial charge < -0.3 is 15.0 Å². The fraction of sp³-hybridized carbons (Fsp3) is 0.381. The fourth-order valence-electron chi connectivity index (χ4n) is 3.61. The summed E-state index contributed by atoms with van der Waals surface area (Å²) < 4.78 is 48.7. The van der Waals surface area contributed by atoms with Crippen LogP contribution in [0, 0.1) is 5.82 Å². The van der Waals surface area contributed by atoms with Gasteiger partial charge in [0.05, 0.1) is 28.3 Å². The molecular weight excluding hydrogens is 451 g/mol. The standard InChI is InChI=1S/C21H25FN6O4S/c1-3-28(2)33(30,31)27-16-8-4-7-14(18(16)22)19(29)15-11-24-21-17(15)20(25-12-26-21)23-10-13-6-5-9-32-13/h4,7-8,11-13,27H,3,5-6,9-10H2,1-2H3,(H2,23,24,25,26)/t13-/m0/s1. The number of hydrogen-bond acceptors (Lipinski definition) is 7. The third-order valence-electron chi connectivity index (χ3n) is 5.57. The lowest BCUT2D eigenvalue weighted by atomic mass is 10.0. The molecule has 2 aromatic heterocycles. The molecule has 1 aromatic carbocycles. The maximum absolute atomic E-state index is 15.2. The number of ketones is 1. The second kappa shape index (κ2) is 9.41. The van der Waals surface area contributed by atoms with Gasteiger partial charge in [0.1, 0.15) is 17.8 Å². The Morgan fingerprint density at radius 2 is 2.15 bits per heavy atom. The van der Waals surface area contributed by atoms with Gasteiger partial charge in [0.25, 0.3) is 0 Å². The van der Waals surface area contributed by atoms with Crippen molar-refractivity contribution >= 4 is 38.5 Å². The molecule has 12 heteroatoms. The number of H-pyrrole nitrogens is 1. The van der Waals surface area contributed by atoms with E-state index in [4.69, 9.17) is 4.74 Å². The Bertz CT molecular complexity index is 1270. The number of carbonyl (C=O) groups is 1. The number of benzene rings is 1. The highest BCUT2D eigenvalue weighted by Crippen LogP contribution is 2.28. The highest BCUT2D eigenvalue weighted by molar-refractivity contribution is 7.90. The number of carbonyl (C=O) groups excluding carboxylic acids is 1. The second-order valence-corrected chi connectivity index (χ2v) is 9.46. The molecule has 0 amide bonds. The Kier molecular flexibility index (Phi) is 6.58. The number of ether oxygens (including phenoxy) is 1. The van der Waals surface area contributed by atoms with E-state index in [1.807, 2.05) is 0 Å². The first-order valence-electron chi connectivity index (χ1n) is 10.6. The van der Waals surface area contributed by atoms with Crippen LogP contribution < -0.4 is 10.0 Å². The maximum atomic E-state index is 15.2. The molecule has 3 heterocycles. The summed E-state index contributed by atoms with van der Waals surface area (Å²) in [5, 5.41) is 3.63. The predicted molar refractivity (Wildman–Crippen MR) is 122 cm³/mol. The normalized spacial score (nSPS) is 16.4. The predicted octanol–water partition coefficient (Wildman–Crippen LogP) is 2.53. The number of fused-ring (bicyclic) bond motifs is 1. The quantitative estimate of drug-likeness (QED) is 0.405. The second-order valence-electron chi connectivity index (χ2n) is 7.68. The van der Waals surface area contributed by atoms with Crippen molar-refractivity contribution in [3.05, 3.63) is 47.7 Å². The van der Waals surface area contributed by atoms with Crippen molar-refractivity contribution in [2.24, 2.45) is 0 Å². The molecule has 0 aliphatic carbocycles. The number of rotatable bonds is 9. The number of nitrogens with zero attached hydrogens (tertiary/aromatic N) is 3. The molecule has 0 radical (unpaired) electrons. The van der Waals surface area contributed by atoms with E-state index in [1.54, 1.807) is 6.92 Å². The summed E-state index contributed by atoms with van der Waals surface area (Å²) in [4.78, 5) is 24.6. The summed E-state index contributed by atoms with van der Waals surface area (Å²) in [5.74, 6) is -1.16. The van der Waals surface area contributed by atoms with Crippen LogP contribution in [0.5, 0.6) is 0 Å². The highest BCUT2D eigenvalue weighted by atomic mass is 32.2. The van der Waals surface area contributed by atoms with E-state index in [1.165, 1.54) is 37.8 Å². The minimum absolute atomic E-state index is 0.0523. The summed E-state index contributed by atoms with van der Waals surface area (Å²) in [6, 6.07) is 3.99. The molecule has 3 aromatic rings. The van der Waals surface area contributed by atoms with Crippen molar-refractivity contribution in [2.45, 2.75) is 25.9 Å². The van der Waals surface area contributed by atoms with Crippen LogP contribution in [0.25, 0.3) is 11.0 Å². The molecular formula is C21H25FN6O4S. The number of aromatic amines is 1. The van der Waals surface area contributed by atoms with Crippen LogP contribution in [0.2, 0.25) is 0 Å². The average molecular weight is 477 g/mol. The third kappa shape index (κ3) is 4.68. The first-order chi connectivity index (χ1) is 15.8. The first-order valence-corrected chi connectivity index (χ1v) is 12.0. The van der Waals surface area contributed by atoms with Gasteiger partial charge in [0.2, 0.25) is 0 Å². The molecule has 10 nitrogen and oxygen atoms in total. The largest absolute Gasteiger partial charge is 0.376 e. The third-order valence-corrected chi connectivity index (χ3v) is 7.13. The minimum Gasteiger partial charge on any atom is -0.376 e. The van der Waals surface area contributed by atoms with Crippen LogP contribution in [0.1, 0.15) is 35.7 Å². The monoisotopic (exact) mass is 476 g/mol. The number of aromatic nitrogens is 3. The van der Waals surface area contributed by atoms with Crippen molar-refractivity contribution in [2.75, 3.05) is 36.8 Å². The zero-order valence-electron chi connectivity index (χ0n) is 18.3. The van der Waals surface area contributed by atoms with Gasteiger partial charge in [-0.1, -0.05) is 13.0 Å². The number of hydrogen-bond donors (Lipinski definition) is 3. The number of nitrogens with one attached hydrogen (secondary N) is 3. The average Bonchev–Trinajstić information content (AvgIpc) is 3.48. The molecule has 0 spiro atoms. The molecule has 0 bridgehead atoms. The van der Waals surface area contributed by atoms with Gasteiger partial charge >= 0.3 is 10.2 Å². The SMILES string of the molecule is CCN(C)S(=O)(=O)Nc1cccc(C(=O)c2c[nH]c3ncnc(NC[C@@H]4CCCO4)c23)c1F. The van der Waals surface area contributed by atoms with Crippen molar-refractivity contribution in [1.29, 1.82) is 0 Å². The molecule has 1 aliphatic rings. The van der Waals surface area contributed by atoms with Crippen LogP contribution >= 0.6 is 0 Å². The van der Waals surface area contributed by atoms with Gasteiger partial charge in [-0.15, -0.1) is 0 Å². The van der Waals surface area contributed by atoms with Gasteiger partial charge in [-0.3, -0.25) is 9.52 Å². The van der Waals surface area contributed by atoms with Gasteiger partial charge in [-0.05, 0) is 25.0 Å². The van der Waals surface area contributed by atoms with E-state index in [2.05, 4.69) is 25.0 Å². The summed E-state index contributed by atoms with van der Waals surface area (Å²) in [5.41, 5.74) is 0.00760. The van der Waals surface area contributed by atoms with Crippen molar-refractivity contribution in [3.8, 4) is 0 Å². The van der Waals surface area contributed by atoms with Crippen molar-refractivity contribution < 1.29 is 22.3 Å². The molecule has 1 aliphatic heterocycles. The molecule has 0 saturated carbocycles. The summed E-state index contributed by atoms with van der Waals surface area (Å²) in [6.07, 6.45) is 4.79. The summed E-state index contributed by atoms with van der Waals surface area (Å²) in [6.45, 7) is 3.08. The van der Waals surface area contributed by atoms with Gasteiger partial charge in [-0.2, -0.15) is 12.7 Å². The maximum Gasteiger partial charge on any atom is 0.301 e. The number of halogens is 1. The van der Waals surface area contributed by atoms with Crippen LogP contribution in [0.15, 0.2) is 30.7 Å². The van der Waals surface area contributed by atoms with E-state index in [-0.39, 0.29) is 29.5 Å². The minimum atomic E-state index is -3.96. The van der Waals surface area contributed by atoms with Crippen molar-refractivity contribution in [1.82, 2.24) is 19.3 Å². The zero-order chi connectivity index (χ0) is 23.6. The van der Waals surface area contributed by atoms with Crippen LogP contribution in [-0.2, 0) is 14.9 Å². The van der Waals surface area contributed by atoms with E-state index in [0.717, 1.165) is 17.1 Å². The molecule has 4 rings (SSSR count).